The van der Waals surface area contributed by atoms with E-state index in [9.17, 15) is 0 Å². The first-order valence-corrected chi connectivity index (χ1v) is 9.80. The van der Waals surface area contributed by atoms with Crippen LogP contribution in [0.2, 0.25) is 0 Å². The summed E-state index contributed by atoms with van der Waals surface area (Å²) >= 11 is 0. The highest BCUT2D eigenvalue weighted by atomic mass is 35.5. The minimum atomic E-state index is 0. The van der Waals surface area contributed by atoms with Gasteiger partial charge >= 0.3 is 0 Å². The van der Waals surface area contributed by atoms with Crippen LogP contribution in [-0.2, 0) is 12.8 Å². The molecule has 0 amide bonds. The molecule has 2 heterocycles. The molecule has 0 aliphatic carbocycles. The standard InChI is InChI=1S/C23H30N2.ClH/c1-24-16-14-18-8-3-5-10-20(18)22(24)12-7-13-23-21-11-6-4-9-19(21)15-17-25(23)2;/h3-6,8-11,22-23H,7,12-17H2,1-2H3;1H. The van der Waals surface area contributed by atoms with Crippen LogP contribution in [0.25, 0.3) is 0 Å². The third-order valence-electron chi connectivity index (χ3n) is 6.32. The lowest BCUT2D eigenvalue weighted by molar-refractivity contribution is 0.189. The molecule has 2 nitrogen and oxygen atoms in total. The molecule has 2 unspecified atom stereocenters. The summed E-state index contributed by atoms with van der Waals surface area (Å²) in [6, 6.07) is 19.3. The number of benzene rings is 2. The quantitative estimate of drug-likeness (QED) is 0.744. The van der Waals surface area contributed by atoms with Crippen molar-refractivity contribution in [3.8, 4) is 0 Å². The molecule has 0 aromatic heterocycles. The molecule has 2 aliphatic heterocycles. The van der Waals surface area contributed by atoms with Gasteiger partial charge in [0.1, 0.15) is 0 Å². The van der Waals surface area contributed by atoms with Crippen LogP contribution in [0, 0.1) is 0 Å². The van der Waals surface area contributed by atoms with Crippen molar-refractivity contribution in [3.63, 3.8) is 0 Å². The molecule has 26 heavy (non-hydrogen) atoms. The van der Waals surface area contributed by atoms with Gasteiger partial charge in [-0.3, -0.25) is 9.80 Å². The molecule has 140 valence electrons. The van der Waals surface area contributed by atoms with E-state index in [1.807, 2.05) is 0 Å². The van der Waals surface area contributed by atoms with Gasteiger partial charge in [0.15, 0.2) is 0 Å². The highest BCUT2D eigenvalue weighted by Gasteiger charge is 2.27. The fourth-order valence-corrected chi connectivity index (χ4v) is 4.81. The van der Waals surface area contributed by atoms with E-state index in [4.69, 9.17) is 0 Å². The third-order valence-corrected chi connectivity index (χ3v) is 6.32. The molecular weight excluding hydrogens is 340 g/mol. The van der Waals surface area contributed by atoms with E-state index in [2.05, 4.69) is 72.4 Å². The molecule has 0 saturated heterocycles. The van der Waals surface area contributed by atoms with Gasteiger partial charge in [-0.25, -0.2) is 0 Å². The zero-order valence-electron chi connectivity index (χ0n) is 16.0. The van der Waals surface area contributed by atoms with E-state index in [0.717, 1.165) is 0 Å². The largest absolute Gasteiger partial charge is 0.299 e. The van der Waals surface area contributed by atoms with Crippen LogP contribution in [0.4, 0.5) is 0 Å². The molecule has 0 bridgehead atoms. The van der Waals surface area contributed by atoms with Crippen molar-refractivity contribution in [1.29, 1.82) is 0 Å². The normalized spacial score (nSPS) is 23.0. The van der Waals surface area contributed by atoms with E-state index >= 15 is 0 Å². The van der Waals surface area contributed by atoms with Gasteiger partial charge in [0.25, 0.3) is 0 Å². The summed E-state index contributed by atoms with van der Waals surface area (Å²) in [5.41, 5.74) is 6.25. The zero-order valence-corrected chi connectivity index (χ0v) is 16.8. The maximum Gasteiger partial charge on any atom is 0.0347 e. The van der Waals surface area contributed by atoms with Crippen LogP contribution in [0.1, 0.15) is 53.6 Å². The van der Waals surface area contributed by atoms with Crippen molar-refractivity contribution in [3.05, 3.63) is 70.8 Å². The Morgan fingerprint density at radius 2 is 1.15 bits per heavy atom. The van der Waals surface area contributed by atoms with E-state index in [-0.39, 0.29) is 12.4 Å². The lowest BCUT2D eigenvalue weighted by Gasteiger charge is -2.37. The fourth-order valence-electron chi connectivity index (χ4n) is 4.81. The number of nitrogens with zero attached hydrogens (tertiary/aromatic N) is 2. The van der Waals surface area contributed by atoms with Crippen LogP contribution in [0.15, 0.2) is 48.5 Å². The van der Waals surface area contributed by atoms with Gasteiger partial charge in [0.05, 0.1) is 0 Å². The Kier molecular flexibility index (Phi) is 6.39. The number of halogens is 1. The zero-order chi connectivity index (χ0) is 17.2. The Morgan fingerprint density at radius 3 is 1.62 bits per heavy atom. The highest BCUT2D eigenvalue weighted by molar-refractivity contribution is 5.85. The summed E-state index contributed by atoms with van der Waals surface area (Å²) in [5.74, 6) is 0. The molecule has 0 spiro atoms. The maximum atomic E-state index is 2.56. The molecular formula is C23H31ClN2. The molecule has 0 saturated carbocycles. The average molecular weight is 371 g/mol. The fraction of sp³-hybridized carbons (Fsp3) is 0.478. The van der Waals surface area contributed by atoms with Crippen LogP contribution >= 0.6 is 12.4 Å². The lowest BCUT2D eigenvalue weighted by Crippen LogP contribution is -2.33. The predicted molar refractivity (Wildman–Crippen MR) is 112 cm³/mol. The van der Waals surface area contributed by atoms with Gasteiger partial charge in [0.2, 0.25) is 0 Å². The van der Waals surface area contributed by atoms with Crippen molar-refractivity contribution in [2.45, 2.75) is 44.2 Å². The van der Waals surface area contributed by atoms with Crippen molar-refractivity contribution < 1.29 is 0 Å². The lowest BCUT2D eigenvalue weighted by atomic mass is 9.87. The Bertz CT molecular complexity index is 668. The summed E-state index contributed by atoms with van der Waals surface area (Å²) in [7, 11) is 4.59. The SMILES string of the molecule is CN1CCc2ccccc2C1CCCC1c2ccccc2CCN1C.Cl. The number of fused-ring (bicyclic) bond motifs is 2. The summed E-state index contributed by atoms with van der Waals surface area (Å²) in [5, 5.41) is 0. The first kappa shape index (κ1) is 19.4. The second-order valence-electron chi connectivity index (χ2n) is 7.82. The van der Waals surface area contributed by atoms with Crippen molar-refractivity contribution >= 4 is 12.4 Å². The van der Waals surface area contributed by atoms with E-state index in [0.29, 0.717) is 12.1 Å². The predicted octanol–water partition coefficient (Wildman–Crippen LogP) is 5.04. The molecule has 0 fully saturated rings. The average Bonchev–Trinajstić information content (AvgIpc) is 2.65. The van der Waals surface area contributed by atoms with Crippen LogP contribution < -0.4 is 0 Å². The second-order valence-corrected chi connectivity index (χ2v) is 7.82. The first-order valence-electron chi connectivity index (χ1n) is 9.80. The molecule has 2 aromatic carbocycles. The second kappa shape index (κ2) is 8.56. The van der Waals surface area contributed by atoms with Gasteiger partial charge in [-0.15, -0.1) is 12.4 Å². The van der Waals surface area contributed by atoms with Crippen molar-refractivity contribution in [1.82, 2.24) is 9.80 Å². The van der Waals surface area contributed by atoms with Crippen molar-refractivity contribution in [2.75, 3.05) is 27.2 Å². The van der Waals surface area contributed by atoms with Crippen LogP contribution in [0.5, 0.6) is 0 Å². The first-order chi connectivity index (χ1) is 12.2. The molecule has 2 atom stereocenters. The highest BCUT2D eigenvalue weighted by Crippen LogP contribution is 2.36. The molecule has 2 aromatic rings. The number of rotatable bonds is 4. The number of hydrogen-bond donors (Lipinski definition) is 0. The Labute approximate surface area is 164 Å². The van der Waals surface area contributed by atoms with Gasteiger partial charge in [-0.05, 0) is 68.5 Å². The summed E-state index contributed by atoms with van der Waals surface area (Å²) in [6.45, 7) is 2.38. The van der Waals surface area contributed by atoms with Gasteiger partial charge in [0, 0.05) is 25.2 Å². The third kappa shape index (κ3) is 3.83. The monoisotopic (exact) mass is 370 g/mol. The molecule has 2 aliphatic rings. The molecule has 0 radical (unpaired) electrons. The Balaban J connectivity index is 0.00000196. The summed E-state index contributed by atoms with van der Waals surface area (Å²) in [4.78, 5) is 5.11. The van der Waals surface area contributed by atoms with Gasteiger partial charge < -0.3 is 0 Å². The topological polar surface area (TPSA) is 6.48 Å². The van der Waals surface area contributed by atoms with Gasteiger partial charge in [-0.1, -0.05) is 48.5 Å². The van der Waals surface area contributed by atoms with E-state index in [1.165, 1.54) is 45.2 Å². The minimum Gasteiger partial charge on any atom is -0.299 e. The summed E-state index contributed by atoms with van der Waals surface area (Å²) in [6.07, 6.45) is 6.20. The smallest absolute Gasteiger partial charge is 0.0347 e. The summed E-state index contributed by atoms with van der Waals surface area (Å²) < 4.78 is 0. The Morgan fingerprint density at radius 1 is 0.731 bits per heavy atom. The number of hydrogen-bond acceptors (Lipinski definition) is 2. The van der Waals surface area contributed by atoms with Crippen LogP contribution in [0.3, 0.4) is 0 Å². The van der Waals surface area contributed by atoms with E-state index < -0.39 is 0 Å². The Hall–Kier alpha value is -1.35. The molecule has 0 N–H and O–H groups in total. The minimum absolute atomic E-state index is 0. The molecule has 3 heteroatoms. The maximum absolute atomic E-state index is 2.56. The molecule has 4 rings (SSSR count). The number of likely N-dealkylation sites (N-methyl/N-ethyl adjacent to an activating group) is 2. The van der Waals surface area contributed by atoms with E-state index in [1.54, 1.807) is 22.3 Å². The van der Waals surface area contributed by atoms with Gasteiger partial charge in [-0.2, -0.15) is 0 Å². The van der Waals surface area contributed by atoms with Crippen LogP contribution in [-0.4, -0.2) is 37.0 Å². The van der Waals surface area contributed by atoms with Crippen molar-refractivity contribution in [2.24, 2.45) is 0 Å².